The van der Waals surface area contributed by atoms with Crippen molar-refractivity contribution in [3.8, 4) is 0 Å². The number of hydrogen-bond acceptors (Lipinski definition) is 1. The standard InChI is InChI=1S/C12H12NSi/c13-14(11-7-3-1-4-8-11)12-9-5-2-6-10-12/h1-10H,13H2/q+1. The second-order valence-corrected chi connectivity index (χ2v) is 5.13. The molecule has 14 heavy (non-hydrogen) atoms. The normalized spacial score (nSPS) is 9.79. The molecule has 0 radical (unpaired) electrons. The van der Waals surface area contributed by atoms with Crippen LogP contribution >= 0.6 is 0 Å². The van der Waals surface area contributed by atoms with Gasteiger partial charge in [0.1, 0.15) is 10.4 Å². The van der Waals surface area contributed by atoms with Crippen molar-refractivity contribution in [2.45, 2.75) is 0 Å². The highest BCUT2D eigenvalue weighted by Crippen LogP contribution is 1.87. The summed E-state index contributed by atoms with van der Waals surface area (Å²) in [5.74, 6) is 0. The Morgan fingerprint density at radius 2 is 1.00 bits per heavy atom. The lowest BCUT2D eigenvalue weighted by Crippen LogP contribution is -2.50. The molecule has 0 atom stereocenters. The van der Waals surface area contributed by atoms with E-state index in [1.165, 1.54) is 10.4 Å². The van der Waals surface area contributed by atoms with Gasteiger partial charge in [-0.15, -0.1) is 0 Å². The Bertz CT molecular complexity index is 346. The van der Waals surface area contributed by atoms with E-state index in [-0.39, 0.29) is 0 Å². The molecule has 0 spiro atoms. The molecule has 0 unspecified atom stereocenters. The van der Waals surface area contributed by atoms with Gasteiger partial charge in [-0.2, -0.15) is 5.40 Å². The highest BCUT2D eigenvalue weighted by atomic mass is 28.3. The smallest absolute Gasteiger partial charge is 0.194 e. The molecular weight excluding hydrogens is 186 g/mol. The molecule has 0 aliphatic rings. The topological polar surface area (TPSA) is 26.0 Å². The first kappa shape index (κ1) is 9.18. The molecule has 0 aromatic heterocycles. The fourth-order valence-corrected chi connectivity index (χ4v) is 2.84. The van der Waals surface area contributed by atoms with Crippen LogP contribution in [0.3, 0.4) is 0 Å². The van der Waals surface area contributed by atoms with Crippen LogP contribution in [0.4, 0.5) is 0 Å². The lowest BCUT2D eigenvalue weighted by atomic mass is 10.4. The first-order chi connectivity index (χ1) is 6.88. The Morgan fingerprint density at radius 1 is 0.643 bits per heavy atom. The van der Waals surface area contributed by atoms with E-state index >= 15 is 0 Å². The molecule has 2 aromatic rings. The van der Waals surface area contributed by atoms with E-state index in [0.717, 1.165) is 0 Å². The molecule has 0 heterocycles. The molecule has 2 aromatic carbocycles. The summed E-state index contributed by atoms with van der Waals surface area (Å²) in [4.78, 5) is 0. The van der Waals surface area contributed by atoms with Crippen molar-refractivity contribution in [1.29, 1.82) is 0 Å². The summed E-state index contributed by atoms with van der Waals surface area (Å²) >= 11 is 0. The summed E-state index contributed by atoms with van der Waals surface area (Å²) in [6, 6.07) is 20.6. The van der Waals surface area contributed by atoms with E-state index in [9.17, 15) is 0 Å². The summed E-state index contributed by atoms with van der Waals surface area (Å²) in [7, 11) is -1.04. The Morgan fingerprint density at radius 3 is 1.36 bits per heavy atom. The van der Waals surface area contributed by atoms with Crippen molar-refractivity contribution in [3.05, 3.63) is 60.7 Å². The van der Waals surface area contributed by atoms with Crippen LogP contribution in [0.5, 0.6) is 0 Å². The van der Waals surface area contributed by atoms with Crippen LogP contribution in [0.1, 0.15) is 0 Å². The van der Waals surface area contributed by atoms with Gasteiger partial charge in [0.05, 0.1) is 0 Å². The van der Waals surface area contributed by atoms with Crippen molar-refractivity contribution in [1.82, 2.24) is 0 Å². The minimum Gasteiger partial charge on any atom is -0.194 e. The maximum atomic E-state index is 6.22. The number of benzene rings is 2. The largest absolute Gasteiger partial charge is 0.477 e. The summed E-state index contributed by atoms with van der Waals surface area (Å²) in [6.45, 7) is 0. The van der Waals surface area contributed by atoms with Crippen molar-refractivity contribution in [2.24, 2.45) is 5.40 Å². The van der Waals surface area contributed by atoms with E-state index in [2.05, 4.69) is 24.3 Å². The zero-order chi connectivity index (χ0) is 9.80. The minimum atomic E-state index is -1.04. The van der Waals surface area contributed by atoms with Crippen LogP contribution in [-0.2, 0) is 0 Å². The molecule has 2 N–H and O–H groups in total. The fourth-order valence-electron chi connectivity index (χ4n) is 1.40. The molecule has 0 bridgehead atoms. The van der Waals surface area contributed by atoms with Crippen molar-refractivity contribution in [3.63, 3.8) is 0 Å². The van der Waals surface area contributed by atoms with Crippen LogP contribution in [0.2, 0.25) is 0 Å². The number of rotatable bonds is 2. The molecule has 2 heteroatoms. The zero-order valence-corrected chi connectivity index (χ0v) is 8.85. The second kappa shape index (κ2) is 4.22. The van der Waals surface area contributed by atoms with E-state index < -0.39 is 8.96 Å². The molecule has 1 nitrogen and oxygen atoms in total. The van der Waals surface area contributed by atoms with Crippen LogP contribution in [0.15, 0.2) is 60.7 Å². The predicted molar refractivity (Wildman–Crippen MR) is 62.1 cm³/mol. The highest BCUT2D eigenvalue weighted by molar-refractivity contribution is 6.82. The monoisotopic (exact) mass is 198 g/mol. The predicted octanol–water partition coefficient (Wildman–Crippen LogP) is 0.751. The minimum absolute atomic E-state index is 1.04. The van der Waals surface area contributed by atoms with Gasteiger partial charge in [0.15, 0.2) is 0 Å². The van der Waals surface area contributed by atoms with Gasteiger partial charge in [0.25, 0.3) is 0 Å². The molecule has 0 saturated heterocycles. The maximum Gasteiger partial charge on any atom is 0.477 e. The maximum absolute atomic E-state index is 6.22. The molecule has 0 saturated carbocycles. The van der Waals surface area contributed by atoms with Gasteiger partial charge in [0, 0.05) is 0 Å². The Kier molecular flexibility index (Phi) is 2.77. The van der Waals surface area contributed by atoms with E-state index in [0.29, 0.717) is 0 Å². The SMILES string of the molecule is N[Si+](c1ccccc1)c1ccccc1. The van der Waals surface area contributed by atoms with E-state index in [1.54, 1.807) is 0 Å². The Labute approximate surface area is 85.9 Å². The third-order valence-corrected chi connectivity index (χ3v) is 4.08. The quantitative estimate of drug-likeness (QED) is 0.708. The first-order valence-electron chi connectivity index (χ1n) is 4.61. The summed E-state index contributed by atoms with van der Waals surface area (Å²) in [5.41, 5.74) is 0. The average Bonchev–Trinajstić information content (AvgIpc) is 2.30. The third kappa shape index (κ3) is 1.92. The lowest BCUT2D eigenvalue weighted by Gasteiger charge is -1.95. The van der Waals surface area contributed by atoms with Crippen LogP contribution in [0, 0.1) is 0 Å². The lowest BCUT2D eigenvalue weighted by molar-refractivity contribution is 1.69. The van der Waals surface area contributed by atoms with Crippen LogP contribution in [0.25, 0.3) is 0 Å². The van der Waals surface area contributed by atoms with Crippen molar-refractivity contribution < 1.29 is 0 Å². The third-order valence-electron chi connectivity index (χ3n) is 2.17. The summed E-state index contributed by atoms with van der Waals surface area (Å²) in [6.07, 6.45) is 0. The van der Waals surface area contributed by atoms with Crippen LogP contribution < -0.4 is 15.8 Å². The van der Waals surface area contributed by atoms with Gasteiger partial charge < -0.3 is 0 Å². The van der Waals surface area contributed by atoms with Gasteiger partial charge >= 0.3 is 8.96 Å². The van der Waals surface area contributed by atoms with Gasteiger partial charge in [-0.1, -0.05) is 36.4 Å². The molecule has 68 valence electrons. The molecule has 0 aliphatic carbocycles. The van der Waals surface area contributed by atoms with Gasteiger partial charge in [-0.3, -0.25) is 0 Å². The van der Waals surface area contributed by atoms with Gasteiger partial charge in [-0.25, -0.2) is 0 Å². The highest BCUT2D eigenvalue weighted by Gasteiger charge is 2.27. The zero-order valence-electron chi connectivity index (χ0n) is 7.85. The number of nitrogens with two attached hydrogens (primary N) is 1. The van der Waals surface area contributed by atoms with E-state index in [4.69, 9.17) is 5.40 Å². The fraction of sp³-hybridized carbons (Fsp3) is 0. The Hall–Kier alpha value is -1.38. The molecule has 0 fully saturated rings. The summed E-state index contributed by atoms with van der Waals surface area (Å²) < 4.78 is 0. The number of hydrogen-bond donors (Lipinski definition) is 1. The second-order valence-electron chi connectivity index (χ2n) is 3.15. The van der Waals surface area contributed by atoms with Gasteiger partial charge in [0.2, 0.25) is 0 Å². The molecule has 2 rings (SSSR count). The van der Waals surface area contributed by atoms with Crippen molar-refractivity contribution in [2.75, 3.05) is 0 Å². The average molecular weight is 198 g/mol. The summed E-state index contributed by atoms with van der Waals surface area (Å²) in [5, 5.41) is 8.73. The molecule has 0 amide bonds. The van der Waals surface area contributed by atoms with Crippen LogP contribution in [-0.4, -0.2) is 8.96 Å². The Balaban J connectivity index is 2.30. The molecule has 0 aliphatic heterocycles. The van der Waals surface area contributed by atoms with Crippen molar-refractivity contribution >= 4 is 19.3 Å². The molecular formula is C12H12NSi+. The van der Waals surface area contributed by atoms with Gasteiger partial charge in [-0.05, 0) is 24.3 Å². The first-order valence-corrected chi connectivity index (χ1v) is 6.19. The van der Waals surface area contributed by atoms with E-state index in [1.807, 2.05) is 36.4 Å².